The molecule has 1 fully saturated rings. The summed E-state index contributed by atoms with van der Waals surface area (Å²) in [6.07, 6.45) is 1.47. The molecular weight excluding hydrogens is 286 g/mol. The Kier molecular flexibility index (Phi) is 4.68. The summed E-state index contributed by atoms with van der Waals surface area (Å²) in [5, 5.41) is 2.94. The van der Waals surface area contributed by atoms with E-state index in [1.807, 2.05) is 6.07 Å². The molecule has 6 nitrogen and oxygen atoms in total. The molecule has 0 aromatic heterocycles. The van der Waals surface area contributed by atoms with Crippen molar-refractivity contribution in [3.63, 3.8) is 0 Å². The van der Waals surface area contributed by atoms with Crippen LogP contribution in [-0.2, 0) is 16.1 Å². The van der Waals surface area contributed by atoms with Gasteiger partial charge in [-0.15, -0.1) is 0 Å². The zero-order valence-corrected chi connectivity index (χ0v) is 12.7. The van der Waals surface area contributed by atoms with Gasteiger partial charge in [0.05, 0.1) is 7.11 Å². The Morgan fingerprint density at radius 2 is 2.05 bits per heavy atom. The van der Waals surface area contributed by atoms with Gasteiger partial charge in [-0.25, -0.2) is 0 Å². The van der Waals surface area contributed by atoms with E-state index >= 15 is 0 Å². The highest BCUT2D eigenvalue weighted by Crippen LogP contribution is 2.36. The van der Waals surface area contributed by atoms with Crippen LogP contribution in [0.15, 0.2) is 12.1 Å². The molecule has 22 heavy (non-hydrogen) atoms. The van der Waals surface area contributed by atoms with E-state index in [1.165, 1.54) is 0 Å². The van der Waals surface area contributed by atoms with Crippen molar-refractivity contribution in [1.82, 2.24) is 5.32 Å². The van der Waals surface area contributed by atoms with E-state index < -0.39 is 0 Å². The van der Waals surface area contributed by atoms with E-state index in [1.54, 1.807) is 13.2 Å². The van der Waals surface area contributed by atoms with Crippen molar-refractivity contribution in [1.29, 1.82) is 0 Å². The molecule has 0 bridgehead atoms. The highest BCUT2D eigenvalue weighted by Gasteiger charge is 2.20. The third-order valence-corrected chi connectivity index (χ3v) is 3.92. The van der Waals surface area contributed by atoms with Crippen molar-refractivity contribution in [2.75, 3.05) is 33.5 Å². The van der Waals surface area contributed by atoms with Gasteiger partial charge in [-0.05, 0) is 18.4 Å². The molecule has 3 rings (SSSR count). The summed E-state index contributed by atoms with van der Waals surface area (Å²) in [6, 6.07) is 3.67. The first kappa shape index (κ1) is 15.0. The molecule has 120 valence electrons. The zero-order valence-electron chi connectivity index (χ0n) is 12.7. The van der Waals surface area contributed by atoms with Gasteiger partial charge in [-0.3, -0.25) is 4.79 Å². The maximum absolute atomic E-state index is 12.0. The second kappa shape index (κ2) is 6.87. The number of benzene rings is 1. The number of rotatable bonds is 5. The summed E-state index contributed by atoms with van der Waals surface area (Å²) in [4.78, 5) is 12.0. The first-order chi connectivity index (χ1) is 10.8. The van der Waals surface area contributed by atoms with E-state index in [2.05, 4.69) is 5.32 Å². The van der Waals surface area contributed by atoms with Crippen molar-refractivity contribution in [3.8, 4) is 17.2 Å². The van der Waals surface area contributed by atoms with Crippen molar-refractivity contribution in [3.05, 3.63) is 17.7 Å². The molecule has 1 saturated heterocycles. The second-order valence-electron chi connectivity index (χ2n) is 5.52. The van der Waals surface area contributed by atoms with Gasteiger partial charge >= 0.3 is 0 Å². The molecular formula is C16H21NO5. The molecule has 1 aromatic carbocycles. The van der Waals surface area contributed by atoms with E-state index in [0.717, 1.165) is 18.6 Å². The molecule has 1 N–H and O–H groups in total. The molecule has 2 heterocycles. The van der Waals surface area contributed by atoms with Crippen LogP contribution in [0.2, 0.25) is 0 Å². The average Bonchev–Trinajstić information content (AvgIpc) is 3.04. The maximum Gasteiger partial charge on any atom is 0.220 e. The summed E-state index contributed by atoms with van der Waals surface area (Å²) in [6.45, 7) is 2.92. The van der Waals surface area contributed by atoms with Crippen molar-refractivity contribution >= 4 is 5.91 Å². The van der Waals surface area contributed by atoms with E-state index in [-0.39, 0.29) is 5.91 Å². The minimum absolute atomic E-state index is 0.0347. The third-order valence-electron chi connectivity index (χ3n) is 3.92. The Morgan fingerprint density at radius 3 is 2.73 bits per heavy atom. The van der Waals surface area contributed by atoms with Gasteiger partial charge < -0.3 is 24.3 Å². The zero-order chi connectivity index (χ0) is 15.4. The lowest BCUT2D eigenvalue weighted by atomic mass is 10.0. The highest BCUT2D eigenvalue weighted by atomic mass is 16.6. The van der Waals surface area contributed by atoms with Gasteiger partial charge in [0.1, 0.15) is 19.0 Å². The van der Waals surface area contributed by atoms with Gasteiger partial charge in [-0.2, -0.15) is 0 Å². The maximum atomic E-state index is 12.0. The van der Waals surface area contributed by atoms with Crippen molar-refractivity contribution in [2.24, 2.45) is 5.92 Å². The van der Waals surface area contributed by atoms with Crippen molar-refractivity contribution < 1.29 is 23.7 Å². The molecule has 0 spiro atoms. The van der Waals surface area contributed by atoms with Crippen LogP contribution in [0.3, 0.4) is 0 Å². The first-order valence-electron chi connectivity index (χ1n) is 7.57. The molecule has 2 aliphatic rings. The van der Waals surface area contributed by atoms with E-state index in [4.69, 9.17) is 18.9 Å². The van der Waals surface area contributed by atoms with Crippen LogP contribution in [0.5, 0.6) is 17.2 Å². The van der Waals surface area contributed by atoms with E-state index in [0.29, 0.717) is 56.0 Å². The number of fused-ring (bicyclic) bond motifs is 1. The number of carbonyl (C=O) groups is 1. The second-order valence-corrected chi connectivity index (χ2v) is 5.52. The monoisotopic (exact) mass is 307 g/mol. The van der Waals surface area contributed by atoms with Gasteiger partial charge in [0.15, 0.2) is 11.5 Å². The summed E-state index contributed by atoms with van der Waals surface area (Å²) in [7, 11) is 1.60. The highest BCUT2D eigenvalue weighted by molar-refractivity contribution is 5.76. The van der Waals surface area contributed by atoms with Crippen LogP contribution in [-0.4, -0.2) is 39.4 Å². The molecule has 1 amide bonds. The van der Waals surface area contributed by atoms with Gasteiger partial charge in [0, 0.05) is 37.8 Å². The molecule has 1 unspecified atom stereocenters. The van der Waals surface area contributed by atoms with E-state index in [9.17, 15) is 4.79 Å². The van der Waals surface area contributed by atoms with Crippen LogP contribution < -0.4 is 19.5 Å². The Labute approximate surface area is 129 Å². The third kappa shape index (κ3) is 3.44. The Balaban J connectivity index is 1.62. The summed E-state index contributed by atoms with van der Waals surface area (Å²) < 4.78 is 21.8. The van der Waals surface area contributed by atoms with Crippen LogP contribution >= 0.6 is 0 Å². The lowest BCUT2D eigenvalue weighted by Gasteiger charge is -2.21. The molecule has 2 aliphatic heterocycles. The Bertz CT molecular complexity index is 540. The number of hydrogen-bond acceptors (Lipinski definition) is 5. The smallest absolute Gasteiger partial charge is 0.220 e. The van der Waals surface area contributed by atoms with Gasteiger partial charge in [0.2, 0.25) is 5.91 Å². The summed E-state index contributed by atoms with van der Waals surface area (Å²) in [5.41, 5.74) is 0.878. The Hall–Kier alpha value is -1.95. The van der Waals surface area contributed by atoms with Gasteiger partial charge in [0.25, 0.3) is 0 Å². The van der Waals surface area contributed by atoms with Crippen LogP contribution in [0.25, 0.3) is 0 Å². The fraction of sp³-hybridized carbons (Fsp3) is 0.562. The number of ether oxygens (including phenoxy) is 4. The molecule has 0 radical (unpaired) electrons. The lowest BCUT2D eigenvalue weighted by Crippen LogP contribution is -2.25. The topological polar surface area (TPSA) is 66.0 Å². The van der Waals surface area contributed by atoms with Crippen LogP contribution in [0.4, 0.5) is 0 Å². The number of methoxy groups -OCH3 is 1. The fourth-order valence-corrected chi connectivity index (χ4v) is 2.71. The standard InChI is InChI=1S/C16H21NO5/c1-19-13-8-15-14(21-4-5-22-15)7-12(13)9-17-16(18)6-11-2-3-20-10-11/h7-8,11H,2-6,9-10H2,1H3,(H,17,18). The number of hydrogen-bond donors (Lipinski definition) is 1. The quantitative estimate of drug-likeness (QED) is 0.893. The largest absolute Gasteiger partial charge is 0.496 e. The number of carbonyl (C=O) groups excluding carboxylic acids is 1. The van der Waals surface area contributed by atoms with Crippen LogP contribution in [0, 0.1) is 5.92 Å². The number of amides is 1. The fourth-order valence-electron chi connectivity index (χ4n) is 2.71. The molecule has 0 aliphatic carbocycles. The molecule has 1 atom stereocenters. The van der Waals surface area contributed by atoms with Gasteiger partial charge in [-0.1, -0.05) is 0 Å². The number of nitrogens with one attached hydrogen (secondary N) is 1. The predicted octanol–water partition coefficient (Wildman–Crippen LogP) is 1.51. The molecule has 6 heteroatoms. The minimum Gasteiger partial charge on any atom is -0.496 e. The average molecular weight is 307 g/mol. The lowest BCUT2D eigenvalue weighted by molar-refractivity contribution is -0.122. The normalized spacial score (nSPS) is 19.8. The first-order valence-corrected chi connectivity index (χ1v) is 7.57. The summed E-state index contributed by atoms with van der Waals surface area (Å²) >= 11 is 0. The molecule has 1 aromatic rings. The Morgan fingerprint density at radius 1 is 1.27 bits per heavy atom. The SMILES string of the molecule is COc1cc2c(cc1CNC(=O)CC1CCOC1)OCCO2. The van der Waals surface area contributed by atoms with Crippen LogP contribution in [0.1, 0.15) is 18.4 Å². The predicted molar refractivity (Wildman–Crippen MR) is 79.4 cm³/mol. The summed E-state index contributed by atoms with van der Waals surface area (Å²) in [5.74, 6) is 2.44. The van der Waals surface area contributed by atoms with Crippen molar-refractivity contribution in [2.45, 2.75) is 19.4 Å². The minimum atomic E-state index is 0.0347. The molecule has 0 saturated carbocycles.